The van der Waals surface area contributed by atoms with Gasteiger partial charge in [-0.1, -0.05) is 47.5 Å². The Morgan fingerprint density at radius 3 is 2.09 bits per heavy atom. The molecule has 1 unspecified atom stereocenters. The van der Waals surface area contributed by atoms with Crippen LogP contribution in [0.2, 0.25) is 10.0 Å². The van der Waals surface area contributed by atoms with Crippen LogP contribution in [0.15, 0.2) is 77.7 Å². The van der Waals surface area contributed by atoms with E-state index in [1.165, 1.54) is 42.5 Å². The number of aliphatic hydroxyl groups excluding tert-OH is 1. The van der Waals surface area contributed by atoms with E-state index in [2.05, 4.69) is 0 Å². The van der Waals surface area contributed by atoms with Gasteiger partial charge in [-0.25, -0.2) is 12.4 Å². The van der Waals surface area contributed by atoms with E-state index >= 15 is 0 Å². The molecule has 3 aromatic carbocycles. The summed E-state index contributed by atoms with van der Waals surface area (Å²) in [5, 5.41) is 11.2. The van der Waals surface area contributed by atoms with Crippen LogP contribution < -0.4 is 0 Å². The number of aliphatic hydroxyl groups is 1. The Balaban J connectivity index is 2.04. The highest BCUT2D eigenvalue weighted by Gasteiger charge is 2.33. The first-order chi connectivity index (χ1) is 15.0. The summed E-state index contributed by atoms with van der Waals surface area (Å²) >= 11 is 12.4. The predicted molar refractivity (Wildman–Crippen MR) is 116 cm³/mol. The number of fused-ring (bicyclic) bond motifs is 1. The Labute approximate surface area is 191 Å². The Morgan fingerprint density at radius 2 is 1.50 bits per heavy atom. The fourth-order valence-electron chi connectivity index (χ4n) is 3.46. The summed E-state index contributed by atoms with van der Waals surface area (Å²) in [6.45, 7) is 0. The van der Waals surface area contributed by atoms with Crippen molar-refractivity contribution in [1.29, 1.82) is 0 Å². The molecule has 0 saturated carbocycles. The van der Waals surface area contributed by atoms with Crippen LogP contribution >= 0.6 is 23.2 Å². The largest absolute Gasteiger partial charge is 0.416 e. The second kappa shape index (κ2) is 8.12. The molecule has 4 rings (SSSR count). The number of nitrogens with zero attached hydrogens (tertiary/aromatic N) is 1. The van der Waals surface area contributed by atoms with Crippen LogP contribution in [-0.2, 0) is 16.2 Å². The van der Waals surface area contributed by atoms with E-state index in [1.807, 2.05) is 0 Å². The molecule has 1 N–H and O–H groups in total. The number of hydrogen-bond donors (Lipinski definition) is 1. The third-order valence-corrected chi connectivity index (χ3v) is 7.36. The van der Waals surface area contributed by atoms with Crippen molar-refractivity contribution in [3.63, 3.8) is 0 Å². The molecule has 0 bridgehead atoms. The quantitative estimate of drug-likeness (QED) is 0.359. The number of benzene rings is 3. The molecule has 166 valence electrons. The zero-order valence-electron chi connectivity index (χ0n) is 16.0. The Bertz CT molecular complexity index is 1400. The van der Waals surface area contributed by atoms with Gasteiger partial charge in [-0.15, -0.1) is 0 Å². The van der Waals surface area contributed by atoms with Gasteiger partial charge in [0.15, 0.2) is 0 Å². The van der Waals surface area contributed by atoms with E-state index in [-0.39, 0.29) is 37.1 Å². The maximum Gasteiger partial charge on any atom is 0.416 e. The molecule has 4 nitrogen and oxygen atoms in total. The molecule has 0 saturated heterocycles. The lowest BCUT2D eigenvalue weighted by Gasteiger charge is -2.18. The lowest BCUT2D eigenvalue weighted by molar-refractivity contribution is -0.137. The fraction of sp³-hybridized carbons (Fsp3) is 0.0909. The average molecular weight is 500 g/mol. The summed E-state index contributed by atoms with van der Waals surface area (Å²) in [4.78, 5) is -0.101. The van der Waals surface area contributed by atoms with Gasteiger partial charge in [-0.05, 0) is 48.5 Å². The lowest BCUT2D eigenvalue weighted by atomic mass is 10.1. The molecule has 1 aromatic heterocycles. The molecule has 4 aromatic rings. The van der Waals surface area contributed by atoms with Gasteiger partial charge < -0.3 is 5.11 Å². The number of halogens is 5. The number of rotatable bonds is 4. The summed E-state index contributed by atoms with van der Waals surface area (Å²) in [5.74, 6) is 0. The average Bonchev–Trinajstić information content (AvgIpc) is 3.13. The van der Waals surface area contributed by atoms with Crippen molar-refractivity contribution in [2.24, 2.45) is 0 Å². The van der Waals surface area contributed by atoms with Crippen LogP contribution in [0.25, 0.3) is 10.9 Å². The van der Waals surface area contributed by atoms with Crippen LogP contribution in [0.5, 0.6) is 0 Å². The minimum absolute atomic E-state index is 0.0171. The molecule has 0 amide bonds. The predicted octanol–water partition coefficient (Wildman–Crippen LogP) is 6.29. The van der Waals surface area contributed by atoms with Crippen LogP contribution in [-0.4, -0.2) is 17.5 Å². The van der Waals surface area contributed by atoms with Gasteiger partial charge in [-0.2, -0.15) is 13.2 Å². The number of alkyl halides is 3. The molecule has 0 fully saturated rings. The fourth-order valence-corrected chi connectivity index (χ4v) is 5.64. The Kier molecular flexibility index (Phi) is 5.75. The summed E-state index contributed by atoms with van der Waals surface area (Å²) < 4.78 is 67.5. The minimum atomic E-state index is -4.63. The molecule has 1 atom stereocenters. The van der Waals surface area contributed by atoms with Crippen molar-refractivity contribution in [2.45, 2.75) is 17.2 Å². The SMILES string of the molecule is O=S(=O)(c1ccccc1)n1c(C(O)c2c(Cl)cccc2Cl)cc2cc(C(F)(F)F)ccc21. The van der Waals surface area contributed by atoms with Crippen molar-refractivity contribution < 1.29 is 26.7 Å². The van der Waals surface area contributed by atoms with E-state index in [9.17, 15) is 26.7 Å². The van der Waals surface area contributed by atoms with Gasteiger partial charge in [0.2, 0.25) is 0 Å². The zero-order chi connectivity index (χ0) is 23.3. The molecular formula is C22H14Cl2F3NO3S. The van der Waals surface area contributed by atoms with Gasteiger partial charge in [0, 0.05) is 21.0 Å². The second-order valence-electron chi connectivity index (χ2n) is 6.96. The van der Waals surface area contributed by atoms with E-state index in [4.69, 9.17) is 23.2 Å². The van der Waals surface area contributed by atoms with E-state index in [0.717, 1.165) is 22.2 Å². The highest BCUT2D eigenvalue weighted by molar-refractivity contribution is 7.90. The molecule has 10 heteroatoms. The van der Waals surface area contributed by atoms with Gasteiger partial charge in [0.1, 0.15) is 6.10 Å². The molecule has 0 radical (unpaired) electrons. The number of hydrogen-bond acceptors (Lipinski definition) is 3. The van der Waals surface area contributed by atoms with Crippen LogP contribution in [0, 0.1) is 0 Å². The first kappa shape index (κ1) is 22.7. The van der Waals surface area contributed by atoms with Crippen molar-refractivity contribution in [3.05, 3.63) is 99.7 Å². The first-order valence-corrected chi connectivity index (χ1v) is 11.4. The monoisotopic (exact) mass is 499 g/mol. The standard InChI is InChI=1S/C22H14Cl2F3NO3S/c23-16-7-4-8-17(24)20(16)21(29)19-12-13-11-14(22(25,26)27)9-10-18(13)28(19)32(30,31)15-5-2-1-3-6-15/h1-12,21,29H. The van der Waals surface area contributed by atoms with Gasteiger partial charge in [0.05, 0.1) is 21.7 Å². The van der Waals surface area contributed by atoms with Crippen LogP contribution in [0.1, 0.15) is 22.9 Å². The Morgan fingerprint density at radius 1 is 0.875 bits per heavy atom. The zero-order valence-corrected chi connectivity index (χ0v) is 18.3. The van der Waals surface area contributed by atoms with E-state index < -0.39 is 27.9 Å². The molecule has 0 aliphatic carbocycles. The molecule has 0 aliphatic rings. The van der Waals surface area contributed by atoms with Crippen molar-refractivity contribution >= 4 is 44.1 Å². The molecular weight excluding hydrogens is 486 g/mol. The maximum atomic E-state index is 13.5. The van der Waals surface area contributed by atoms with Gasteiger partial charge in [0.25, 0.3) is 10.0 Å². The van der Waals surface area contributed by atoms with E-state index in [1.54, 1.807) is 12.1 Å². The molecule has 1 heterocycles. The van der Waals surface area contributed by atoms with Gasteiger partial charge >= 0.3 is 6.18 Å². The highest BCUT2D eigenvalue weighted by atomic mass is 35.5. The van der Waals surface area contributed by atoms with Crippen molar-refractivity contribution in [1.82, 2.24) is 3.97 Å². The summed E-state index contributed by atoms with van der Waals surface area (Å²) in [5.41, 5.74) is -1.13. The third kappa shape index (κ3) is 3.88. The maximum absolute atomic E-state index is 13.5. The summed E-state index contributed by atoms with van der Waals surface area (Å²) in [6, 6.07) is 15.7. The topological polar surface area (TPSA) is 59.3 Å². The molecule has 0 aliphatic heterocycles. The van der Waals surface area contributed by atoms with Crippen LogP contribution in [0.4, 0.5) is 13.2 Å². The smallest absolute Gasteiger partial charge is 0.382 e. The van der Waals surface area contributed by atoms with E-state index in [0.29, 0.717) is 0 Å². The van der Waals surface area contributed by atoms with Crippen molar-refractivity contribution in [3.8, 4) is 0 Å². The van der Waals surface area contributed by atoms with Crippen molar-refractivity contribution in [2.75, 3.05) is 0 Å². The second-order valence-corrected chi connectivity index (χ2v) is 9.56. The van der Waals surface area contributed by atoms with Gasteiger partial charge in [-0.3, -0.25) is 0 Å². The first-order valence-electron chi connectivity index (χ1n) is 9.17. The minimum Gasteiger partial charge on any atom is -0.382 e. The summed E-state index contributed by atoms with van der Waals surface area (Å²) in [6.07, 6.45) is -6.25. The lowest BCUT2D eigenvalue weighted by Crippen LogP contribution is -2.18. The number of aromatic nitrogens is 1. The highest BCUT2D eigenvalue weighted by Crippen LogP contribution is 2.39. The summed E-state index contributed by atoms with van der Waals surface area (Å²) in [7, 11) is -4.29. The molecule has 32 heavy (non-hydrogen) atoms. The molecule has 0 spiro atoms. The van der Waals surface area contributed by atoms with Crippen LogP contribution in [0.3, 0.4) is 0 Å². The third-order valence-electron chi connectivity index (χ3n) is 4.95. The normalized spacial score (nSPS) is 13.4. The Hall–Kier alpha value is -2.52.